The van der Waals surface area contributed by atoms with Crippen LogP contribution in [0.1, 0.15) is 51.1 Å². The Morgan fingerprint density at radius 3 is 2.39 bits per heavy atom. The summed E-state index contributed by atoms with van der Waals surface area (Å²) in [4.78, 5) is 39.7. The highest BCUT2D eigenvalue weighted by molar-refractivity contribution is 7.89. The summed E-state index contributed by atoms with van der Waals surface area (Å²) in [5, 5.41) is -0.369. The standard InChI is InChI=1S/C20H31N3O7S/c1-6-29-19(26)14-9-11-23(12-10-14)16(24)13-22(5)18(25)15-7-8-17(30-15)31(27,28)21-20(2,3)4/h7-8,14,21H,6,9-13H2,1-5H3. The maximum Gasteiger partial charge on any atom is 0.309 e. The van der Waals surface area contributed by atoms with Gasteiger partial charge in [0.25, 0.3) is 15.9 Å². The minimum Gasteiger partial charge on any atom is -0.466 e. The van der Waals surface area contributed by atoms with Crippen LogP contribution in [-0.2, 0) is 24.3 Å². The van der Waals surface area contributed by atoms with E-state index >= 15 is 0 Å². The maximum atomic E-state index is 12.6. The first-order valence-corrected chi connectivity index (χ1v) is 11.7. The molecule has 1 N–H and O–H groups in total. The molecule has 10 nitrogen and oxygen atoms in total. The van der Waals surface area contributed by atoms with Crippen LogP contribution in [0, 0.1) is 5.92 Å². The lowest BCUT2D eigenvalue weighted by Crippen LogP contribution is -2.45. The van der Waals surface area contributed by atoms with Crippen molar-refractivity contribution < 1.29 is 32.0 Å². The highest BCUT2D eigenvalue weighted by atomic mass is 32.2. The number of rotatable bonds is 7. The van der Waals surface area contributed by atoms with E-state index in [2.05, 4.69) is 4.72 Å². The van der Waals surface area contributed by atoms with Gasteiger partial charge in [-0.1, -0.05) is 0 Å². The number of amides is 2. The van der Waals surface area contributed by atoms with Crippen LogP contribution in [0.2, 0.25) is 0 Å². The fourth-order valence-electron chi connectivity index (χ4n) is 3.22. The largest absolute Gasteiger partial charge is 0.466 e. The molecule has 0 spiro atoms. The molecular formula is C20H31N3O7S. The predicted molar refractivity (Wildman–Crippen MR) is 112 cm³/mol. The fourth-order valence-corrected chi connectivity index (χ4v) is 4.57. The SMILES string of the molecule is CCOC(=O)C1CCN(C(=O)CN(C)C(=O)c2ccc(S(=O)(=O)NC(C)(C)C)o2)CC1. The van der Waals surface area contributed by atoms with Gasteiger partial charge < -0.3 is 19.0 Å². The number of nitrogens with zero attached hydrogens (tertiary/aromatic N) is 2. The van der Waals surface area contributed by atoms with E-state index in [1.54, 1.807) is 32.6 Å². The number of ether oxygens (including phenoxy) is 1. The molecule has 1 aromatic rings. The van der Waals surface area contributed by atoms with Gasteiger partial charge in [-0.15, -0.1) is 0 Å². The summed E-state index contributed by atoms with van der Waals surface area (Å²) in [6, 6.07) is 2.47. The van der Waals surface area contributed by atoms with Crippen LogP contribution in [-0.4, -0.2) is 74.8 Å². The molecule has 31 heavy (non-hydrogen) atoms. The first-order valence-electron chi connectivity index (χ1n) is 10.2. The Kier molecular flexibility index (Phi) is 7.87. The second-order valence-electron chi connectivity index (χ2n) is 8.54. The number of nitrogens with one attached hydrogen (secondary N) is 1. The van der Waals surface area contributed by atoms with Crippen LogP contribution < -0.4 is 4.72 Å². The van der Waals surface area contributed by atoms with Crippen LogP contribution in [0.25, 0.3) is 0 Å². The van der Waals surface area contributed by atoms with Gasteiger partial charge in [0, 0.05) is 25.7 Å². The quantitative estimate of drug-likeness (QED) is 0.610. The van der Waals surface area contributed by atoms with Gasteiger partial charge in [-0.3, -0.25) is 14.4 Å². The number of esters is 1. The van der Waals surface area contributed by atoms with Gasteiger partial charge in [0.1, 0.15) is 0 Å². The third-order valence-electron chi connectivity index (χ3n) is 4.68. The summed E-state index contributed by atoms with van der Waals surface area (Å²) in [6.45, 7) is 7.77. The van der Waals surface area contributed by atoms with Gasteiger partial charge in [-0.2, -0.15) is 0 Å². The molecule has 1 aliphatic rings. The Bertz CT molecular complexity index is 909. The van der Waals surface area contributed by atoms with E-state index in [4.69, 9.17) is 9.15 Å². The molecule has 0 unspecified atom stereocenters. The third-order valence-corrected chi connectivity index (χ3v) is 6.31. The average molecular weight is 458 g/mol. The molecule has 1 aliphatic heterocycles. The molecule has 174 valence electrons. The first kappa shape index (κ1) is 24.9. The minimum atomic E-state index is -3.91. The van der Waals surface area contributed by atoms with Crippen LogP contribution in [0.4, 0.5) is 0 Å². The van der Waals surface area contributed by atoms with Crippen molar-refractivity contribution in [3.8, 4) is 0 Å². The van der Waals surface area contributed by atoms with E-state index in [0.717, 1.165) is 0 Å². The van der Waals surface area contributed by atoms with Crippen LogP contribution in [0.5, 0.6) is 0 Å². The van der Waals surface area contributed by atoms with Crippen molar-refractivity contribution in [3.05, 3.63) is 17.9 Å². The maximum absolute atomic E-state index is 12.6. The summed E-state index contributed by atoms with van der Waals surface area (Å²) < 4.78 is 37.4. The van der Waals surface area contributed by atoms with E-state index in [-0.39, 0.29) is 35.2 Å². The van der Waals surface area contributed by atoms with Gasteiger partial charge in [-0.05, 0) is 52.7 Å². The molecular weight excluding hydrogens is 426 g/mol. The molecule has 1 fully saturated rings. The summed E-state index contributed by atoms with van der Waals surface area (Å²) in [7, 11) is -2.47. The van der Waals surface area contributed by atoms with Crippen molar-refractivity contribution >= 4 is 27.8 Å². The molecule has 1 saturated heterocycles. The number of hydrogen-bond acceptors (Lipinski definition) is 7. The molecule has 0 atom stereocenters. The van der Waals surface area contributed by atoms with E-state index in [9.17, 15) is 22.8 Å². The van der Waals surface area contributed by atoms with Gasteiger partial charge in [-0.25, -0.2) is 13.1 Å². The number of likely N-dealkylation sites (N-methyl/N-ethyl adjacent to an activating group) is 1. The Balaban J connectivity index is 1.94. The summed E-state index contributed by atoms with van der Waals surface area (Å²) in [5.41, 5.74) is -0.709. The molecule has 0 aromatic carbocycles. The van der Waals surface area contributed by atoms with E-state index in [1.165, 1.54) is 24.1 Å². The summed E-state index contributed by atoms with van der Waals surface area (Å²) >= 11 is 0. The number of sulfonamides is 1. The highest BCUT2D eigenvalue weighted by Gasteiger charge is 2.30. The molecule has 1 aromatic heterocycles. The van der Waals surface area contributed by atoms with E-state index < -0.39 is 21.5 Å². The highest BCUT2D eigenvalue weighted by Crippen LogP contribution is 2.20. The number of hydrogen-bond donors (Lipinski definition) is 1. The smallest absolute Gasteiger partial charge is 0.309 e. The van der Waals surface area contributed by atoms with Crippen molar-refractivity contribution in [1.29, 1.82) is 0 Å². The normalized spacial score (nSPS) is 15.6. The van der Waals surface area contributed by atoms with Crippen molar-refractivity contribution in [1.82, 2.24) is 14.5 Å². The second kappa shape index (κ2) is 9.82. The van der Waals surface area contributed by atoms with Gasteiger partial charge in [0.05, 0.1) is 19.1 Å². The lowest BCUT2D eigenvalue weighted by Gasteiger charge is -2.32. The Morgan fingerprint density at radius 2 is 1.84 bits per heavy atom. The van der Waals surface area contributed by atoms with Crippen LogP contribution >= 0.6 is 0 Å². The topological polar surface area (TPSA) is 126 Å². The number of furan rings is 1. The third kappa shape index (κ3) is 6.79. The zero-order valence-corrected chi connectivity index (χ0v) is 19.5. The molecule has 0 aliphatic carbocycles. The molecule has 11 heteroatoms. The molecule has 2 heterocycles. The zero-order valence-electron chi connectivity index (χ0n) is 18.6. The van der Waals surface area contributed by atoms with Crippen molar-refractivity contribution in [2.45, 2.75) is 51.2 Å². The average Bonchev–Trinajstić information content (AvgIpc) is 3.17. The van der Waals surface area contributed by atoms with Gasteiger partial charge >= 0.3 is 5.97 Å². The Labute approximate surface area is 182 Å². The van der Waals surface area contributed by atoms with Gasteiger partial charge in [0.15, 0.2) is 5.76 Å². The van der Waals surface area contributed by atoms with Crippen molar-refractivity contribution in [2.75, 3.05) is 33.3 Å². The Morgan fingerprint density at radius 1 is 1.23 bits per heavy atom. The first-order chi connectivity index (χ1) is 14.3. The number of carbonyl (C=O) groups excluding carboxylic acids is 3. The molecule has 0 radical (unpaired) electrons. The van der Waals surface area contributed by atoms with E-state index in [0.29, 0.717) is 32.5 Å². The molecule has 2 amide bonds. The molecule has 2 rings (SSSR count). The lowest BCUT2D eigenvalue weighted by atomic mass is 9.97. The second-order valence-corrected chi connectivity index (χ2v) is 10.2. The number of piperidine rings is 1. The lowest BCUT2D eigenvalue weighted by molar-refractivity contribution is -0.151. The van der Waals surface area contributed by atoms with Crippen LogP contribution in [0.3, 0.4) is 0 Å². The number of likely N-dealkylation sites (tertiary alicyclic amines) is 1. The fraction of sp³-hybridized carbons (Fsp3) is 0.650. The Hall–Kier alpha value is -2.40. The monoisotopic (exact) mass is 457 g/mol. The predicted octanol–water partition coefficient (Wildman–Crippen LogP) is 1.23. The molecule has 0 saturated carbocycles. The summed E-state index contributed by atoms with van der Waals surface area (Å²) in [5.74, 6) is -1.50. The summed E-state index contributed by atoms with van der Waals surface area (Å²) in [6.07, 6.45) is 1.03. The minimum absolute atomic E-state index is 0.175. The van der Waals surface area contributed by atoms with Crippen molar-refractivity contribution in [2.24, 2.45) is 5.92 Å². The number of carbonyl (C=O) groups is 3. The van der Waals surface area contributed by atoms with Crippen molar-refractivity contribution in [3.63, 3.8) is 0 Å². The zero-order chi connectivity index (χ0) is 23.4. The van der Waals surface area contributed by atoms with Gasteiger partial charge in [0.2, 0.25) is 11.0 Å². The van der Waals surface area contributed by atoms with E-state index in [1.807, 2.05) is 0 Å². The molecule has 0 bridgehead atoms. The van der Waals surface area contributed by atoms with Crippen LogP contribution in [0.15, 0.2) is 21.6 Å².